The number of halogens is 1. The van der Waals surface area contributed by atoms with E-state index in [1.165, 1.54) is 16.4 Å². The van der Waals surface area contributed by atoms with Crippen molar-refractivity contribution in [1.29, 1.82) is 0 Å². The Morgan fingerprint density at radius 3 is 2.61 bits per heavy atom. The molecule has 2 atom stereocenters. The van der Waals surface area contributed by atoms with Crippen molar-refractivity contribution in [3.63, 3.8) is 0 Å². The quantitative estimate of drug-likeness (QED) is 0.835. The van der Waals surface area contributed by atoms with E-state index < -0.39 is 15.8 Å². The largest absolute Gasteiger partial charge is 0.399 e. The number of nitrogen functional groups attached to an aromatic ring is 1. The van der Waals surface area contributed by atoms with E-state index in [1.807, 2.05) is 13.8 Å². The minimum atomic E-state index is -3.80. The maximum atomic E-state index is 13.7. The van der Waals surface area contributed by atoms with Gasteiger partial charge >= 0.3 is 0 Å². The second-order valence-corrected chi connectivity index (χ2v) is 6.81. The first kappa shape index (κ1) is 13.3. The smallest absolute Gasteiger partial charge is 0.246 e. The summed E-state index contributed by atoms with van der Waals surface area (Å²) in [5.41, 5.74) is 5.78. The lowest BCUT2D eigenvalue weighted by atomic mass is 10.1. The molecule has 0 aliphatic carbocycles. The molecule has 1 aromatic rings. The van der Waals surface area contributed by atoms with Crippen LogP contribution in [0, 0.1) is 11.7 Å². The van der Waals surface area contributed by atoms with Crippen LogP contribution >= 0.6 is 0 Å². The minimum Gasteiger partial charge on any atom is -0.399 e. The highest BCUT2D eigenvalue weighted by molar-refractivity contribution is 7.89. The molecule has 2 N–H and O–H groups in total. The first-order valence-electron chi connectivity index (χ1n) is 5.89. The van der Waals surface area contributed by atoms with Crippen LogP contribution in [0.5, 0.6) is 0 Å². The number of sulfonamides is 1. The number of nitrogens with zero attached hydrogens (tertiary/aromatic N) is 1. The van der Waals surface area contributed by atoms with E-state index in [9.17, 15) is 12.8 Å². The molecule has 2 rings (SSSR count). The molecule has 0 aromatic heterocycles. The number of anilines is 1. The second-order valence-electron chi connectivity index (χ2n) is 4.95. The number of hydrogen-bond acceptors (Lipinski definition) is 3. The molecule has 1 heterocycles. The van der Waals surface area contributed by atoms with Gasteiger partial charge in [-0.2, -0.15) is 4.31 Å². The van der Waals surface area contributed by atoms with E-state index in [-0.39, 0.29) is 16.6 Å². The molecule has 100 valence electrons. The normalized spacial score (nSPS) is 25.5. The van der Waals surface area contributed by atoms with Crippen LogP contribution in [0.15, 0.2) is 23.1 Å². The van der Waals surface area contributed by atoms with Gasteiger partial charge in [0.15, 0.2) is 0 Å². The lowest BCUT2D eigenvalue weighted by Gasteiger charge is -2.21. The minimum absolute atomic E-state index is 0.106. The first-order chi connectivity index (χ1) is 8.32. The highest BCUT2D eigenvalue weighted by Crippen LogP contribution is 2.30. The van der Waals surface area contributed by atoms with E-state index in [4.69, 9.17) is 5.73 Å². The Morgan fingerprint density at radius 2 is 2.06 bits per heavy atom. The summed E-state index contributed by atoms with van der Waals surface area (Å²) in [7, 11) is -3.80. The molecular weight excluding hydrogens is 255 g/mol. The van der Waals surface area contributed by atoms with E-state index >= 15 is 0 Å². The molecule has 1 saturated heterocycles. The van der Waals surface area contributed by atoms with E-state index in [0.717, 1.165) is 12.5 Å². The Bertz CT molecular complexity index is 559. The van der Waals surface area contributed by atoms with Crippen LogP contribution in [0.25, 0.3) is 0 Å². The standard InChI is InChI=1S/C12H17FN2O2S/c1-8-5-9(2)15(7-8)18(16,17)12-6-10(14)3-4-11(12)13/h3-4,6,8-9H,5,7,14H2,1-2H3. The van der Waals surface area contributed by atoms with Gasteiger partial charge in [-0.15, -0.1) is 0 Å². The Hall–Kier alpha value is -1.14. The van der Waals surface area contributed by atoms with Crippen LogP contribution < -0.4 is 5.73 Å². The molecule has 1 aliphatic rings. The van der Waals surface area contributed by atoms with Crippen molar-refractivity contribution >= 4 is 15.7 Å². The van der Waals surface area contributed by atoms with Gasteiger partial charge in [0.1, 0.15) is 10.7 Å². The van der Waals surface area contributed by atoms with Crippen molar-refractivity contribution in [2.45, 2.75) is 31.2 Å². The van der Waals surface area contributed by atoms with Gasteiger partial charge in [-0.05, 0) is 37.5 Å². The van der Waals surface area contributed by atoms with Crippen molar-refractivity contribution in [1.82, 2.24) is 4.31 Å². The molecule has 18 heavy (non-hydrogen) atoms. The van der Waals surface area contributed by atoms with Crippen LogP contribution in [0.2, 0.25) is 0 Å². The highest BCUT2D eigenvalue weighted by Gasteiger charge is 2.37. The van der Waals surface area contributed by atoms with Crippen LogP contribution in [-0.4, -0.2) is 25.3 Å². The van der Waals surface area contributed by atoms with Gasteiger partial charge in [-0.3, -0.25) is 0 Å². The maximum Gasteiger partial charge on any atom is 0.246 e. The zero-order chi connectivity index (χ0) is 13.5. The van der Waals surface area contributed by atoms with Gasteiger partial charge in [-0.1, -0.05) is 6.92 Å². The Labute approximate surface area is 107 Å². The summed E-state index contributed by atoms with van der Waals surface area (Å²) in [6.07, 6.45) is 0.795. The van der Waals surface area contributed by atoms with Crippen molar-refractivity contribution in [2.24, 2.45) is 5.92 Å². The SMILES string of the molecule is CC1CC(C)N(S(=O)(=O)c2cc(N)ccc2F)C1. The Kier molecular flexibility index (Phi) is 3.33. The zero-order valence-corrected chi connectivity index (χ0v) is 11.2. The van der Waals surface area contributed by atoms with Crippen LogP contribution in [0.1, 0.15) is 20.3 Å². The van der Waals surface area contributed by atoms with Gasteiger partial charge in [0, 0.05) is 18.3 Å². The zero-order valence-electron chi connectivity index (χ0n) is 10.4. The van der Waals surface area contributed by atoms with Gasteiger partial charge < -0.3 is 5.73 Å². The van der Waals surface area contributed by atoms with Crippen LogP contribution in [-0.2, 0) is 10.0 Å². The molecule has 1 fully saturated rings. The average molecular weight is 272 g/mol. The van der Waals surface area contributed by atoms with Gasteiger partial charge in [0.05, 0.1) is 0 Å². The summed E-state index contributed by atoms with van der Waals surface area (Å²) >= 11 is 0. The monoisotopic (exact) mass is 272 g/mol. The molecule has 2 unspecified atom stereocenters. The van der Waals surface area contributed by atoms with Gasteiger partial charge in [0.25, 0.3) is 0 Å². The molecule has 0 saturated carbocycles. The van der Waals surface area contributed by atoms with Gasteiger partial charge in [-0.25, -0.2) is 12.8 Å². The molecular formula is C12H17FN2O2S. The van der Waals surface area contributed by atoms with Crippen LogP contribution in [0.4, 0.5) is 10.1 Å². The summed E-state index contributed by atoms with van der Waals surface area (Å²) in [6.45, 7) is 4.25. The molecule has 6 heteroatoms. The summed E-state index contributed by atoms with van der Waals surface area (Å²) in [4.78, 5) is -0.330. The predicted molar refractivity (Wildman–Crippen MR) is 67.9 cm³/mol. The number of hydrogen-bond donors (Lipinski definition) is 1. The fourth-order valence-corrected chi connectivity index (χ4v) is 4.30. The van der Waals surface area contributed by atoms with Gasteiger partial charge in [0.2, 0.25) is 10.0 Å². The lowest BCUT2D eigenvalue weighted by Crippen LogP contribution is -2.34. The molecule has 0 bridgehead atoms. The number of benzene rings is 1. The summed E-state index contributed by atoms with van der Waals surface area (Å²) in [5.74, 6) is -0.463. The van der Waals surface area contributed by atoms with Crippen molar-refractivity contribution < 1.29 is 12.8 Å². The van der Waals surface area contributed by atoms with E-state index in [0.29, 0.717) is 12.5 Å². The maximum absolute atomic E-state index is 13.7. The third-order valence-corrected chi connectivity index (χ3v) is 5.26. The fourth-order valence-electron chi connectivity index (χ4n) is 2.44. The summed E-state index contributed by atoms with van der Waals surface area (Å²) < 4.78 is 39.8. The molecule has 4 nitrogen and oxygen atoms in total. The van der Waals surface area contributed by atoms with Crippen LogP contribution in [0.3, 0.4) is 0 Å². The summed E-state index contributed by atoms with van der Waals surface area (Å²) in [6, 6.07) is 3.52. The molecule has 1 aromatic carbocycles. The Morgan fingerprint density at radius 1 is 1.39 bits per heavy atom. The number of rotatable bonds is 2. The first-order valence-corrected chi connectivity index (χ1v) is 7.33. The lowest BCUT2D eigenvalue weighted by molar-refractivity contribution is 0.402. The predicted octanol–water partition coefficient (Wildman–Crippen LogP) is 1.83. The third kappa shape index (κ3) is 2.22. The molecule has 0 amide bonds. The highest BCUT2D eigenvalue weighted by atomic mass is 32.2. The number of nitrogens with two attached hydrogens (primary N) is 1. The average Bonchev–Trinajstić information content (AvgIpc) is 2.62. The van der Waals surface area contributed by atoms with E-state index in [2.05, 4.69) is 0 Å². The Balaban J connectivity index is 2.45. The third-order valence-electron chi connectivity index (χ3n) is 3.27. The fraction of sp³-hybridized carbons (Fsp3) is 0.500. The molecule has 1 aliphatic heterocycles. The van der Waals surface area contributed by atoms with E-state index in [1.54, 1.807) is 0 Å². The molecule has 0 radical (unpaired) electrons. The topological polar surface area (TPSA) is 63.4 Å². The second kappa shape index (κ2) is 4.51. The van der Waals surface area contributed by atoms with Crippen molar-refractivity contribution in [2.75, 3.05) is 12.3 Å². The van der Waals surface area contributed by atoms with Crippen molar-refractivity contribution in [3.05, 3.63) is 24.0 Å². The summed E-state index contributed by atoms with van der Waals surface area (Å²) in [5, 5.41) is 0. The van der Waals surface area contributed by atoms with Crippen molar-refractivity contribution in [3.8, 4) is 0 Å². The molecule has 0 spiro atoms.